The summed E-state index contributed by atoms with van der Waals surface area (Å²) >= 11 is 1.35. The number of benzene rings is 1. The van der Waals surface area contributed by atoms with Crippen molar-refractivity contribution in [1.29, 1.82) is 0 Å². The van der Waals surface area contributed by atoms with Gasteiger partial charge in [0.15, 0.2) is 5.13 Å². The maximum Gasteiger partial charge on any atom is 0.261 e. The van der Waals surface area contributed by atoms with Gasteiger partial charge >= 0.3 is 0 Å². The molecule has 0 aliphatic carbocycles. The Hall–Kier alpha value is -2.32. The third-order valence-electron chi connectivity index (χ3n) is 2.10. The Labute approximate surface area is 109 Å². The van der Waals surface area contributed by atoms with Gasteiger partial charge in [-0.2, -0.15) is 0 Å². The number of anilines is 1. The monoisotopic (exact) mass is 258 g/mol. The van der Waals surface area contributed by atoms with Crippen molar-refractivity contribution in [2.75, 3.05) is 11.9 Å². The van der Waals surface area contributed by atoms with Crippen LogP contribution in [0.5, 0.6) is 5.75 Å². The SMILES string of the molecule is C#CCOc1ccccc1C(=O)Nc1nccs1. The van der Waals surface area contributed by atoms with Crippen molar-refractivity contribution in [3.8, 4) is 18.1 Å². The van der Waals surface area contributed by atoms with Gasteiger partial charge in [-0.25, -0.2) is 4.98 Å². The Bertz CT molecular complexity index is 573. The molecule has 5 heteroatoms. The second-order valence-corrected chi connectivity index (χ2v) is 4.17. The minimum absolute atomic E-state index is 0.127. The van der Waals surface area contributed by atoms with Gasteiger partial charge in [0.05, 0.1) is 5.56 Å². The zero-order valence-electron chi connectivity index (χ0n) is 9.42. The van der Waals surface area contributed by atoms with Crippen molar-refractivity contribution in [2.24, 2.45) is 0 Å². The van der Waals surface area contributed by atoms with Crippen LogP contribution in [0.3, 0.4) is 0 Å². The first-order chi connectivity index (χ1) is 8.81. The van der Waals surface area contributed by atoms with Crippen molar-refractivity contribution in [2.45, 2.75) is 0 Å². The van der Waals surface area contributed by atoms with Crippen LogP contribution in [0.2, 0.25) is 0 Å². The number of amides is 1. The highest BCUT2D eigenvalue weighted by atomic mass is 32.1. The molecular formula is C13H10N2O2S. The van der Waals surface area contributed by atoms with Crippen molar-refractivity contribution in [3.63, 3.8) is 0 Å². The molecule has 1 heterocycles. The molecule has 0 aliphatic heterocycles. The molecule has 90 valence electrons. The number of para-hydroxylation sites is 1. The van der Waals surface area contributed by atoms with E-state index in [-0.39, 0.29) is 12.5 Å². The van der Waals surface area contributed by atoms with Crippen molar-refractivity contribution in [1.82, 2.24) is 4.98 Å². The topological polar surface area (TPSA) is 51.2 Å². The molecule has 0 unspecified atom stereocenters. The molecule has 2 aromatic rings. The standard InChI is InChI=1S/C13H10N2O2S/c1-2-8-17-11-6-4-3-5-10(11)12(16)15-13-14-7-9-18-13/h1,3-7,9H,8H2,(H,14,15,16). The molecule has 0 atom stereocenters. The summed E-state index contributed by atoms with van der Waals surface area (Å²) in [4.78, 5) is 16.0. The van der Waals surface area contributed by atoms with Crippen molar-refractivity contribution >= 4 is 22.4 Å². The summed E-state index contributed by atoms with van der Waals surface area (Å²) < 4.78 is 5.31. The molecule has 4 nitrogen and oxygen atoms in total. The molecule has 0 bridgehead atoms. The molecule has 0 radical (unpaired) electrons. The molecule has 1 aromatic heterocycles. The minimum atomic E-state index is -0.266. The number of ether oxygens (including phenoxy) is 1. The van der Waals surface area contributed by atoms with Gasteiger partial charge in [-0.05, 0) is 12.1 Å². The van der Waals surface area contributed by atoms with Gasteiger partial charge in [0.1, 0.15) is 12.4 Å². The van der Waals surface area contributed by atoms with E-state index in [4.69, 9.17) is 11.2 Å². The van der Waals surface area contributed by atoms with Gasteiger partial charge in [0, 0.05) is 11.6 Å². The van der Waals surface area contributed by atoms with Gasteiger partial charge < -0.3 is 4.74 Å². The second kappa shape index (κ2) is 5.84. The lowest BCUT2D eigenvalue weighted by Crippen LogP contribution is -2.13. The van der Waals surface area contributed by atoms with Gasteiger partial charge in [-0.15, -0.1) is 17.8 Å². The Balaban J connectivity index is 2.17. The van der Waals surface area contributed by atoms with Crippen LogP contribution < -0.4 is 10.1 Å². The second-order valence-electron chi connectivity index (χ2n) is 3.28. The van der Waals surface area contributed by atoms with Crippen LogP contribution in [-0.2, 0) is 0 Å². The summed E-state index contributed by atoms with van der Waals surface area (Å²) in [5.74, 6) is 2.56. The van der Waals surface area contributed by atoms with Crippen LogP contribution in [0.25, 0.3) is 0 Å². The fourth-order valence-electron chi connectivity index (χ4n) is 1.35. The number of terminal acetylenes is 1. The predicted molar refractivity (Wildman–Crippen MR) is 70.8 cm³/mol. The zero-order valence-corrected chi connectivity index (χ0v) is 10.2. The first-order valence-electron chi connectivity index (χ1n) is 5.17. The molecule has 1 amide bonds. The summed E-state index contributed by atoms with van der Waals surface area (Å²) in [5.41, 5.74) is 0.433. The quantitative estimate of drug-likeness (QED) is 0.857. The van der Waals surface area contributed by atoms with E-state index in [9.17, 15) is 4.79 Å². The average molecular weight is 258 g/mol. The normalized spacial score (nSPS) is 9.50. The Morgan fingerprint density at radius 2 is 2.33 bits per heavy atom. The molecule has 0 fully saturated rings. The summed E-state index contributed by atoms with van der Waals surface area (Å²) in [5, 5.41) is 5.03. The highest BCUT2D eigenvalue weighted by Crippen LogP contribution is 2.20. The smallest absolute Gasteiger partial charge is 0.261 e. The van der Waals surface area contributed by atoms with Crippen LogP contribution in [-0.4, -0.2) is 17.5 Å². The number of nitrogens with one attached hydrogen (secondary N) is 1. The lowest BCUT2D eigenvalue weighted by atomic mass is 10.2. The molecule has 0 saturated carbocycles. The molecule has 2 rings (SSSR count). The Morgan fingerprint density at radius 1 is 1.50 bits per heavy atom. The van der Waals surface area contributed by atoms with E-state index in [2.05, 4.69) is 16.2 Å². The molecular weight excluding hydrogens is 248 g/mol. The Kier molecular flexibility index (Phi) is 3.94. The van der Waals surface area contributed by atoms with Crippen LogP contribution in [0, 0.1) is 12.3 Å². The maximum atomic E-state index is 12.0. The van der Waals surface area contributed by atoms with Gasteiger partial charge in [0.25, 0.3) is 5.91 Å². The molecule has 0 saturated heterocycles. The average Bonchev–Trinajstić information content (AvgIpc) is 2.89. The van der Waals surface area contributed by atoms with Crippen molar-refractivity contribution < 1.29 is 9.53 Å². The van der Waals surface area contributed by atoms with Crippen LogP contribution in [0.15, 0.2) is 35.8 Å². The summed E-state index contributed by atoms with van der Waals surface area (Å²) in [6.45, 7) is 0.127. The molecule has 0 spiro atoms. The van der Waals surface area contributed by atoms with E-state index >= 15 is 0 Å². The van der Waals surface area contributed by atoms with Crippen LogP contribution in [0.4, 0.5) is 5.13 Å². The minimum Gasteiger partial charge on any atom is -0.480 e. The fourth-order valence-corrected chi connectivity index (χ4v) is 1.87. The number of carbonyl (C=O) groups is 1. The fraction of sp³-hybridized carbons (Fsp3) is 0.0769. The van der Waals surface area contributed by atoms with E-state index in [0.717, 1.165) is 0 Å². The molecule has 18 heavy (non-hydrogen) atoms. The predicted octanol–water partition coefficient (Wildman–Crippen LogP) is 2.41. The van der Waals surface area contributed by atoms with E-state index in [1.165, 1.54) is 11.3 Å². The number of hydrogen-bond acceptors (Lipinski definition) is 4. The first-order valence-corrected chi connectivity index (χ1v) is 6.05. The zero-order chi connectivity index (χ0) is 12.8. The number of thiazole rings is 1. The lowest BCUT2D eigenvalue weighted by Gasteiger charge is -2.08. The number of nitrogens with zero attached hydrogens (tertiary/aromatic N) is 1. The lowest BCUT2D eigenvalue weighted by molar-refractivity contribution is 0.102. The van der Waals surface area contributed by atoms with Crippen LogP contribution in [0.1, 0.15) is 10.4 Å². The summed E-state index contributed by atoms with van der Waals surface area (Å²) in [6.07, 6.45) is 6.75. The number of hydrogen-bond donors (Lipinski definition) is 1. The van der Waals surface area contributed by atoms with E-state index in [0.29, 0.717) is 16.4 Å². The van der Waals surface area contributed by atoms with E-state index in [1.54, 1.807) is 35.8 Å². The van der Waals surface area contributed by atoms with Gasteiger partial charge in [0.2, 0.25) is 0 Å². The van der Waals surface area contributed by atoms with Crippen LogP contribution >= 0.6 is 11.3 Å². The third kappa shape index (κ3) is 2.87. The maximum absolute atomic E-state index is 12.0. The number of aromatic nitrogens is 1. The molecule has 1 N–H and O–H groups in total. The summed E-state index contributed by atoms with van der Waals surface area (Å²) in [6, 6.07) is 6.93. The molecule has 1 aromatic carbocycles. The van der Waals surface area contributed by atoms with Gasteiger partial charge in [-0.3, -0.25) is 10.1 Å². The van der Waals surface area contributed by atoms with Gasteiger partial charge in [-0.1, -0.05) is 18.1 Å². The molecule has 0 aliphatic rings. The first kappa shape index (κ1) is 12.1. The highest BCUT2D eigenvalue weighted by molar-refractivity contribution is 7.13. The largest absolute Gasteiger partial charge is 0.480 e. The Morgan fingerprint density at radius 3 is 3.06 bits per heavy atom. The van der Waals surface area contributed by atoms with Crippen molar-refractivity contribution in [3.05, 3.63) is 41.4 Å². The summed E-state index contributed by atoms with van der Waals surface area (Å²) in [7, 11) is 0. The number of carbonyl (C=O) groups excluding carboxylic acids is 1. The van der Waals surface area contributed by atoms with E-state index in [1.807, 2.05) is 0 Å². The third-order valence-corrected chi connectivity index (χ3v) is 2.78. The number of rotatable bonds is 4. The highest BCUT2D eigenvalue weighted by Gasteiger charge is 2.12. The van der Waals surface area contributed by atoms with E-state index < -0.39 is 0 Å².